The van der Waals surface area contributed by atoms with E-state index in [-0.39, 0.29) is 29.1 Å². The number of anilines is 1. The van der Waals surface area contributed by atoms with Gasteiger partial charge in [0.1, 0.15) is 5.70 Å². The van der Waals surface area contributed by atoms with Gasteiger partial charge in [0.25, 0.3) is 17.5 Å². The first-order chi connectivity index (χ1) is 18.2. The number of carbonyl (C=O) groups excluding carboxylic acids is 3. The second-order valence-corrected chi connectivity index (χ2v) is 7.69. The Morgan fingerprint density at radius 1 is 0.868 bits per heavy atom. The molecular weight excluding hydrogens is 492 g/mol. The second-order valence-electron chi connectivity index (χ2n) is 7.69. The van der Waals surface area contributed by atoms with Crippen LogP contribution in [0.5, 0.6) is 0 Å². The summed E-state index contributed by atoms with van der Waals surface area (Å²) < 4.78 is 0. The third kappa shape index (κ3) is 7.71. The van der Waals surface area contributed by atoms with Crippen molar-refractivity contribution < 1.29 is 29.2 Å². The van der Waals surface area contributed by atoms with Crippen molar-refractivity contribution in [2.24, 2.45) is 0 Å². The van der Waals surface area contributed by atoms with E-state index < -0.39 is 28.6 Å². The molecular formula is C27H22N4O7. The third-order valence-corrected chi connectivity index (χ3v) is 5.05. The highest BCUT2D eigenvalue weighted by atomic mass is 16.6. The van der Waals surface area contributed by atoms with Gasteiger partial charge in [-0.25, -0.2) is 4.79 Å². The molecule has 38 heavy (non-hydrogen) atoms. The Balaban J connectivity index is 1.85. The van der Waals surface area contributed by atoms with Gasteiger partial charge in [-0.15, -0.1) is 0 Å². The maximum atomic E-state index is 13.2. The number of rotatable bonds is 10. The number of amides is 3. The van der Waals surface area contributed by atoms with Crippen molar-refractivity contribution in [1.29, 1.82) is 0 Å². The molecule has 0 aliphatic rings. The van der Waals surface area contributed by atoms with Gasteiger partial charge in [-0.2, -0.15) is 0 Å². The standard InChI is InChI=1S/C27H22N4O7/c32-24(14-15-25(33)34)29-21-12-6-4-11-20(21)17-28-27(36)22(30-26(35)18-8-2-1-3-9-18)16-19-10-5-7-13-23(19)31(37)38/h1-16H,17H2,(H,28,36)(H,29,32)(H,30,35)(H,33,34). The highest BCUT2D eigenvalue weighted by Crippen LogP contribution is 2.21. The Labute approximate surface area is 216 Å². The summed E-state index contributed by atoms with van der Waals surface area (Å²) in [7, 11) is 0. The number of hydrogen-bond donors (Lipinski definition) is 4. The summed E-state index contributed by atoms with van der Waals surface area (Å²) in [4.78, 5) is 59.4. The van der Waals surface area contributed by atoms with Crippen LogP contribution in [-0.4, -0.2) is 33.7 Å². The van der Waals surface area contributed by atoms with E-state index >= 15 is 0 Å². The molecule has 0 bridgehead atoms. The van der Waals surface area contributed by atoms with E-state index in [0.29, 0.717) is 17.3 Å². The molecule has 0 heterocycles. The van der Waals surface area contributed by atoms with Crippen molar-refractivity contribution in [3.8, 4) is 0 Å². The Morgan fingerprint density at radius 2 is 1.53 bits per heavy atom. The van der Waals surface area contributed by atoms with Crippen LogP contribution in [0.4, 0.5) is 11.4 Å². The first-order valence-electron chi connectivity index (χ1n) is 11.1. The Bertz CT molecular complexity index is 1430. The molecule has 11 nitrogen and oxygen atoms in total. The topological polar surface area (TPSA) is 168 Å². The number of benzene rings is 3. The van der Waals surface area contributed by atoms with Crippen molar-refractivity contribution >= 4 is 41.1 Å². The van der Waals surface area contributed by atoms with Crippen molar-refractivity contribution in [3.05, 3.63) is 124 Å². The van der Waals surface area contributed by atoms with Gasteiger partial charge in [-0.05, 0) is 35.9 Å². The van der Waals surface area contributed by atoms with Crippen LogP contribution in [0.2, 0.25) is 0 Å². The van der Waals surface area contributed by atoms with E-state index in [1.54, 1.807) is 60.7 Å². The number of nitro benzene ring substituents is 1. The Morgan fingerprint density at radius 3 is 2.24 bits per heavy atom. The van der Waals surface area contributed by atoms with Crippen molar-refractivity contribution in [2.75, 3.05) is 5.32 Å². The van der Waals surface area contributed by atoms with Crippen LogP contribution in [0.3, 0.4) is 0 Å². The SMILES string of the molecule is O=C(O)C=CC(=O)Nc1ccccc1CNC(=O)C(=Cc1ccccc1[N+](=O)[O-])NC(=O)c1ccccc1. The molecule has 3 rings (SSSR count). The molecule has 0 spiro atoms. The van der Waals surface area contributed by atoms with E-state index in [9.17, 15) is 29.3 Å². The fourth-order valence-electron chi connectivity index (χ4n) is 3.26. The lowest BCUT2D eigenvalue weighted by Crippen LogP contribution is -2.34. The van der Waals surface area contributed by atoms with Gasteiger partial charge >= 0.3 is 5.97 Å². The van der Waals surface area contributed by atoms with Gasteiger partial charge in [0.2, 0.25) is 5.91 Å². The molecule has 0 unspecified atom stereocenters. The van der Waals surface area contributed by atoms with Crippen LogP contribution in [-0.2, 0) is 20.9 Å². The summed E-state index contributed by atoms with van der Waals surface area (Å²) in [6.07, 6.45) is 2.75. The summed E-state index contributed by atoms with van der Waals surface area (Å²) in [5, 5.41) is 27.8. The summed E-state index contributed by atoms with van der Waals surface area (Å²) in [6.45, 7) is -0.0899. The predicted molar refractivity (Wildman–Crippen MR) is 139 cm³/mol. The maximum Gasteiger partial charge on any atom is 0.328 e. The van der Waals surface area contributed by atoms with Crippen molar-refractivity contribution in [2.45, 2.75) is 6.54 Å². The van der Waals surface area contributed by atoms with E-state index in [0.717, 1.165) is 6.08 Å². The first-order valence-corrected chi connectivity index (χ1v) is 11.1. The van der Waals surface area contributed by atoms with Crippen LogP contribution >= 0.6 is 0 Å². The molecule has 4 N–H and O–H groups in total. The molecule has 11 heteroatoms. The molecule has 0 aromatic heterocycles. The average Bonchev–Trinajstić information content (AvgIpc) is 2.91. The van der Waals surface area contributed by atoms with Crippen molar-refractivity contribution in [3.63, 3.8) is 0 Å². The lowest BCUT2D eigenvalue weighted by atomic mass is 10.1. The van der Waals surface area contributed by atoms with Crippen molar-refractivity contribution in [1.82, 2.24) is 10.6 Å². The van der Waals surface area contributed by atoms with E-state index in [4.69, 9.17) is 5.11 Å². The number of nitrogens with one attached hydrogen (secondary N) is 3. The highest BCUT2D eigenvalue weighted by molar-refractivity contribution is 6.06. The number of aliphatic carboxylic acids is 1. The minimum Gasteiger partial charge on any atom is -0.478 e. The molecule has 0 fully saturated rings. The number of carboxylic acid groups (broad SMARTS) is 1. The number of carbonyl (C=O) groups is 4. The largest absolute Gasteiger partial charge is 0.478 e. The van der Waals surface area contributed by atoms with Crippen LogP contribution in [0, 0.1) is 10.1 Å². The van der Waals surface area contributed by atoms with Gasteiger partial charge in [0.15, 0.2) is 0 Å². The van der Waals surface area contributed by atoms with Gasteiger partial charge < -0.3 is 21.1 Å². The average molecular weight is 514 g/mol. The fraction of sp³-hybridized carbons (Fsp3) is 0.0370. The molecule has 192 valence electrons. The minimum absolute atomic E-state index is 0.0899. The number of nitro groups is 1. The molecule has 3 amide bonds. The molecule has 0 saturated carbocycles. The molecule has 0 aliphatic heterocycles. The Hall–Kier alpha value is -5.58. The minimum atomic E-state index is -1.28. The molecule has 0 atom stereocenters. The zero-order valence-corrected chi connectivity index (χ0v) is 19.8. The highest BCUT2D eigenvalue weighted by Gasteiger charge is 2.18. The van der Waals surface area contributed by atoms with Gasteiger partial charge in [-0.1, -0.05) is 48.5 Å². The number of hydrogen-bond acceptors (Lipinski definition) is 6. The predicted octanol–water partition coefficient (Wildman–Crippen LogP) is 3.26. The summed E-state index contributed by atoms with van der Waals surface area (Å²) in [5.74, 6) is -3.29. The van der Waals surface area contributed by atoms with Gasteiger partial charge in [0.05, 0.1) is 10.5 Å². The summed E-state index contributed by atoms with van der Waals surface area (Å²) >= 11 is 0. The van der Waals surface area contributed by atoms with E-state index in [2.05, 4.69) is 16.0 Å². The number of para-hydroxylation sites is 2. The van der Waals surface area contributed by atoms with Crippen LogP contribution in [0.15, 0.2) is 96.7 Å². The normalized spacial score (nSPS) is 11.0. The van der Waals surface area contributed by atoms with E-state index in [1.165, 1.54) is 24.3 Å². The summed E-state index contributed by atoms with van der Waals surface area (Å²) in [5.41, 5.74) is 0.696. The zero-order chi connectivity index (χ0) is 27.5. The monoisotopic (exact) mass is 514 g/mol. The first kappa shape index (κ1) is 27.0. The molecule has 0 saturated heterocycles. The smallest absolute Gasteiger partial charge is 0.328 e. The third-order valence-electron chi connectivity index (χ3n) is 5.05. The summed E-state index contributed by atoms with van der Waals surface area (Å²) in [6, 6.07) is 20.4. The number of nitrogens with zero attached hydrogens (tertiary/aromatic N) is 1. The molecule has 3 aromatic carbocycles. The lowest BCUT2D eigenvalue weighted by Gasteiger charge is -2.14. The van der Waals surface area contributed by atoms with E-state index in [1.807, 2.05) is 0 Å². The fourth-order valence-corrected chi connectivity index (χ4v) is 3.26. The van der Waals surface area contributed by atoms with Crippen LogP contribution in [0.25, 0.3) is 6.08 Å². The Kier molecular flexibility index (Phi) is 9.19. The number of carboxylic acids is 1. The molecule has 0 radical (unpaired) electrons. The quantitative estimate of drug-likeness (QED) is 0.183. The second kappa shape index (κ2) is 12.9. The van der Waals surface area contributed by atoms with Crippen LogP contribution in [0.1, 0.15) is 21.5 Å². The molecule has 3 aromatic rings. The lowest BCUT2D eigenvalue weighted by molar-refractivity contribution is -0.385. The van der Waals surface area contributed by atoms with Gasteiger partial charge in [-0.3, -0.25) is 24.5 Å². The van der Waals surface area contributed by atoms with Crippen LogP contribution < -0.4 is 16.0 Å². The maximum absolute atomic E-state index is 13.2. The van der Waals surface area contributed by atoms with Gasteiger partial charge in [0, 0.05) is 36.0 Å². The zero-order valence-electron chi connectivity index (χ0n) is 19.8. The molecule has 0 aliphatic carbocycles.